The zero-order valence-electron chi connectivity index (χ0n) is 14.8. The van der Waals surface area contributed by atoms with Crippen molar-refractivity contribution < 1.29 is 19.2 Å². The van der Waals surface area contributed by atoms with Crippen molar-refractivity contribution in [3.63, 3.8) is 0 Å². The molecule has 2 heterocycles. The summed E-state index contributed by atoms with van der Waals surface area (Å²) in [6.07, 6.45) is 2.43. The van der Waals surface area contributed by atoms with Crippen LogP contribution in [0, 0.1) is 13.8 Å². The van der Waals surface area contributed by atoms with E-state index in [1.54, 1.807) is 18.9 Å². The van der Waals surface area contributed by atoms with E-state index in [4.69, 9.17) is 4.52 Å². The van der Waals surface area contributed by atoms with E-state index in [9.17, 15) is 14.7 Å². The van der Waals surface area contributed by atoms with E-state index in [1.807, 2.05) is 13.8 Å². The van der Waals surface area contributed by atoms with Gasteiger partial charge in [0.15, 0.2) is 0 Å². The van der Waals surface area contributed by atoms with Crippen LogP contribution in [-0.2, 0) is 11.2 Å². The molecule has 2 rings (SSSR count). The van der Waals surface area contributed by atoms with Gasteiger partial charge < -0.3 is 19.8 Å². The first-order chi connectivity index (χ1) is 11.8. The van der Waals surface area contributed by atoms with Gasteiger partial charge in [-0.2, -0.15) is 0 Å². The van der Waals surface area contributed by atoms with Crippen molar-refractivity contribution in [1.29, 1.82) is 0 Å². The highest BCUT2D eigenvalue weighted by molar-refractivity contribution is 5.96. The Balaban J connectivity index is 2.19. The molecule has 0 aliphatic carbocycles. The molecule has 0 saturated heterocycles. The maximum Gasteiger partial charge on any atom is 0.339 e. The molecule has 8 nitrogen and oxygen atoms in total. The number of rotatable bonds is 7. The number of nitrogens with zero attached hydrogens (tertiary/aromatic N) is 3. The lowest BCUT2D eigenvalue weighted by molar-refractivity contribution is -0.115. The summed E-state index contributed by atoms with van der Waals surface area (Å²) in [5.74, 6) is -0.194. The zero-order valence-corrected chi connectivity index (χ0v) is 14.8. The molecular weight excluding hydrogens is 324 g/mol. The lowest BCUT2D eigenvalue weighted by Crippen LogP contribution is -2.24. The van der Waals surface area contributed by atoms with Crippen LogP contribution in [-0.4, -0.2) is 40.7 Å². The molecule has 2 aromatic heterocycles. The summed E-state index contributed by atoms with van der Waals surface area (Å²) in [5, 5.41) is 16.0. The Hall–Kier alpha value is -2.90. The van der Waals surface area contributed by atoms with Gasteiger partial charge in [-0.05, 0) is 26.3 Å². The first-order valence-electron chi connectivity index (χ1n) is 7.99. The highest BCUT2D eigenvalue weighted by atomic mass is 16.5. The molecule has 0 aromatic carbocycles. The molecule has 0 aliphatic heterocycles. The van der Waals surface area contributed by atoms with Gasteiger partial charge in [-0.15, -0.1) is 0 Å². The second kappa shape index (κ2) is 7.78. The zero-order chi connectivity index (χ0) is 18.6. The topological polar surface area (TPSA) is 109 Å². The smallest absolute Gasteiger partial charge is 0.339 e. The Morgan fingerprint density at radius 3 is 2.64 bits per heavy atom. The van der Waals surface area contributed by atoms with E-state index < -0.39 is 5.97 Å². The van der Waals surface area contributed by atoms with Gasteiger partial charge in [0.2, 0.25) is 5.91 Å². The normalized spacial score (nSPS) is 10.6. The minimum absolute atomic E-state index is 0.0372. The Labute approximate surface area is 145 Å². The molecule has 0 unspecified atom stereocenters. The van der Waals surface area contributed by atoms with Gasteiger partial charge in [0.25, 0.3) is 0 Å². The number of carboxylic acids is 1. The van der Waals surface area contributed by atoms with Gasteiger partial charge in [0.1, 0.15) is 17.1 Å². The van der Waals surface area contributed by atoms with Gasteiger partial charge in [0, 0.05) is 25.6 Å². The molecule has 2 aromatic rings. The second-order valence-electron chi connectivity index (χ2n) is 5.78. The fourth-order valence-electron chi connectivity index (χ4n) is 2.48. The summed E-state index contributed by atoms with van der Waals surface area (Å²) in [6, 6.07) is 1.42. The SMILES string of the molecule is CCC(=O)Nc1cnc(N(C)CCc2c(C)noc2C)c(C(=O)O)c1. The maximum absolute atomic E-state index is 11.6. The van der Waals surface area contributed by atoms with Crippen LogP contribution in [0.2, 0.25) is 0 Å². The average molecular weight is 346 g/mol. The molecule has 0 saturated carbocycles. The van der Waals surface area contributed by atoms with E-state index >= 15 is 0 Å². The Morgan fingerprint density at radius 2 is 2.08 bits per heavy atom. The third-order valence-electron chi connectivity index (χ3n) is 3.94. The number of pyridine rings is 1. The summed E-state index contributed by atoms with van der Waals surface area (Å²) in [7, 11) is 1.78. The van der Waals surface area contributed by atoms with Crippen LogP contribution in [0.5, 0.6) is 0 Å². The summed E-state index contributed by atoms with van der Waals surface area (Å²) >= 11 is 0. The highest BCUT2D eigenvalue weighted by Crippen LogP contribution is 2.22. The molecule has 8 heteroatoms. The van der Waals surface area contributed by atoms with E-state index in [2.05, 4.69) is 15.5 Å². The van der Waals surface area contributed by atoms with Crippen LogP contribution in [0.4, 0.5) is 11.5 Å². The van der Waals surface area contributed by atoms with Crippen LogP contribution in [0.25, 0.3) is 0 Å². The van der Waals surface area contributed by atoms with Crippen molar-refractivity contribution in [2.45, 2.75) is 33.6 Å². The van der Waals surface area contributed by atoms with Gasteiger partial charge in [-0.1, -0.05) is 12.1 Å². The quantitative estimate of drug-likeness (QED) is 0.792. The number of carbonyl (C=O) groups is 2. The Morgan fingerprint density at radius 1 is 1.36 bits per heavy atom. The van der Waals surface area contributed by atoms with Crippen molar-refractivity contribution in [3.05, 3.63) is 34.8 Å². The summed E-state index contributed by atoms with van der Waals surface area (Å²) in [5.41, 5.74) is 2.24. The van der Waals surface area contributed by atoms with Gasteiger partial charge >= 0.3 is 5.97 Å². The third kappa shape index (κ3) is 4.34. The number of carboxylic acid groups (broad SMARTS) is 1. The molecule has 134 valence electrons. The Bertz CT molecular complexity index is 765. The minimum atomic E-state index is -1.10. The largest absolute Gasteiger partial charge is 0.478 e. The molecule has 0 aliphatic rings. The van der Waals surface area contributed by atoms with Crippen molar-refractivity contribution in [2.24, 2.45) is 0 Å². The van der Waals surface area contributed by atoms with E-state index in [0.29, 0.717) is 30.9 Å². The number of likely N-dealkylation sites (N-methyl/N-ethyl adjacent to an activating group) is 1. The molecule has 0 spiro atoms. The lowest BCUT2D eigenvalue weighted by Gasteiger charge is -2.20. The molecule has 0 fully saturated rings. The minimum Gasteiger partial charge on any atom is -0.478 e. The van der Waals surface area contributed by atoms with Crippen LogP contribution in [0.3, 0.4) is 0 Å². The molecule has 0 radical (unpaired) electrons. The number of amides is 1. The molecule has 0 atom stereocenters. The van der Waals surface area contributed by atoms with Crippen molar-refractivity contribution in [2.75, 3.05) is 23.8 Å². The number of hydrogen-bond acceptors (Lipinski definition) is 6. The number of aromatic carboxylic acids is 1. The predicted octanol–water partition coefficient (Wildman–Crippen LogP) is 2.41. The molecule has 25 heavy (non-hydrogen) atoms. The van der Waals surface area contributed by atoms with E-state index in [1.165, 1.54) is 12.3 Å². The predicted molar refractivity (Wildman–Crippen MR) is 93.1 cm³/mol. The van der Waals surface area contributed by atoms with Crippen LogP contribution < -0.4 is 10.2 Å². The van der Waals surface area contributed by atoms with E-state index in [-0.39, 0.29) is 11.5 Å². The van der Waals surface area contributed by atoms with Crippen LogP contribution >= 0.6 is 0 Å². The van der Waals surface area contributed by atoms with Crippen molar-refractivity contribution >= 4 is 23.4 Å². The van der Waals surface area contributed by atoms with Crippen LogP contribution in [0.1, 0.15) is 40.7 Å². The first kappa shape index (κ1) is 18.4. The highest BCUT2D eigenvalue weighted by Gasteiger charge is 2.18. The number of nitrogens with one attached hydrogen (secondary N) is 1. The van der Waals surface area contributed by atoms with E-state index in [0.717, 1.165) is 17.0 Å². The number of aromatic nitrogens is 2. The molecular formula is C17H22N4O4. The lowest BCUT2D eigenvalue weighted by atomic mass is 10.1. The molecule has 2 N–H and O–H groups in total. The summed E-state index contributed by atoms with van der Waals surface area (Å²) < 4.78 is 5.14. The van der Waals surface area contributed by atoms with Crippen molar-refractivity contribution in [3.8, 4) is 0 Å². The van der Waals surface area contributed by atoms with Gasteiger partial charge in [0.05, 0.1) is 17.6 Å². The molecule has 1 amide bonds. The fraction of sp³-hybridized carbons (Fsp3) is 0.412. The van der Waals surface area contributed by atoms with Crippen molar-refractivity contribution in [1.82, 2.24) is 10.1 Å². The van der Waals surface area contributed by atoms with Crippen LogP contribution in [0.15, 0.2) is 16.8 Å². The summed E-state index contributed by atoms with van der Waals surface area (Å²) in [4.78, 5) is 29.0. The monoisotopic (exact) mass is 346 g/mol. The Kier molecular flexibility index (Phi) is 5.74. The number of carbonyl (C=O) groups excluding carboxylic acids is 1. The maximum atomic E-state index is 11.6. The number of aryl methyl sites for hydroxylation is 2. The van der Waals surface area contributed by atoms with Gasteiger partial charge in [-0.3, -0.25) is 4.79 Å². The average Bonchev–Trinajstić information content (AvgIpc) is 2.90. The molecule has 0 bridgehead atoms. The first-order valence-corrected chi connectivity index (χ1v) is 7.99. The number of hydrogen-bond donors (Lipinski definition) is 2. The number of anilines is 2. The standard InChI is InChI=1S/C17H22N4O4/c1-5-15(22)19-12-8-14(17(23)24)16(18-9-12)21(4)7-6-13-10(2)20-25-11(13)3/h8-9H,5-7H2,1-4H3,(H,19,22)(H,23,24). The van der Waals surface area contributed by atoms with Gasteiger partial charge in [-0.25, -0.2) is 9.78 Å². The fourth-order valence-corrected chi connectivity index (χ4v) is 2.48. The second-order valence-corrected chi connectivity index (χ2v) is 5.78. The third-order valence-corrected chi connectivity index (χ3v) is 3.94. The summed E-state index contributed by atoms with van der Waals surface area (Å²) in [6.45, 7) is 5.99.